The van der Waals surface area contributed by atoms with Crippen LogP contribution in [0, 0.1) is 5.92 Å². The lowest BCUT2D eigenvalue weighted by Crippen LogP contribution is -2.48. The minimum Gasteiger partial charge on any atom is -0.381 e. The Morgan fingerprint density at radius 3 is 2.04 bits per heavy atom. The predicted molar refractivity (Wildman–Crippen MR) is 97.7 cm³/mol. The smallest absolute Gasteiger partial charge is 0.240 e. The van der Waals surface area contributed by atoms with Crippen LogP contribution in [0.15, 0.2) is 48.5 Å². The number of benzene rings is 2. The Balaban J connectivity index is 1.64. The van der Waals surface area contributed by atoms with Crippen molar-refractivity contribution in [3.05, 3.63) is 59.7 Å². The topological polar surface area (TPSA) is 55.6 Å². The van der Waals surface area contributed by atoms with Crippen molar-refractivity contribution >= 4 is 5.91 Å². The summed E-state index contributed by atoms with van der Waals surface area (Å²) < 4.78 is 5.41. The molecule has 0 aliphatic carbocycles. The lowest BCUT2D eigenvalue weighted by molar-refractivity contribution is -0.136. The Hall–Kier alpha value is -2.17. The van der Waals surface area contributed by atoms with Crippen molar-refractivity contribution in [1.29, 1.82) is 0 Å². The molecule has 130 valence electrons. The van der Waals surface area contributed by atoms with Gasteiger partial charge in [-0.2, -0.15) is 0 Å². The van der Waals surface area contributed by atoms with E-state index in [-0.39, 0.29) is 11.8 Å². The van der Waals surface area contributed by atoms with Crippen molar-refractivity contribution in [2.75, 3.05) is 13.2 Å². The minimum atomic E-state index is -0.443. The summed E-state index contributed by atoms with van der Waals surface area (Å²) in [4.78, 5) is 15.1. The van der Waals surface area contributed by atoms with Gasteiger partial charge in [0.05, 0.1) is 6.04 Å². The molecule has 4 heteroatoms. The third-order valence-corrected chi connectivity index (χ3v) is 5.42. The zero-order valence-electron chi connectivity index (χ0n) is 14.4. The molecule has 2 aliphatic heterocycles. The molecule has 1 atom stereocenters. The summed E-state index contributed by atoms with van der Waals surface area (Å²) in [6, 6.07) is 16.2. The Labute approximate surface area is 148 Å². The molecule has 2 aromatic rings. The van der Waals surface area contributed by atoms with Gasteiger partial charge in [-0.3, -0.25) is 4.79 Å². The molecule has 2 heterocycles. The summed E-state index contributed by atoms with van der Waals surface area (Å²) in [6.45, 7) is 2.63. The monoisotopic (exact) mass is 336 g/mol. The maximum absolute atomic E-state index is 13.1. The van der Waals surface area contributed by atoms with Crippen LogP contribution in [0.25, 0.3) is 11.1 Å². The van der Waals surface area contributed by atoms with E-state index in [0.29, 0.717) is 26.3 Å². The number of nitrogens with zero attached hydrogens (tertiary/aromatic N) is 1. The molecule has 1 fully saturated rings. The van der Waals surface area contributed by atoms with E-state index in [4.69, 9.17) is 10.5 Å². The lowest BCUT2D eigenvalue weighted by atomic mass is 9.91. The van der Waals surface area contributed by atoms with Gasteiger partial charge in [0.1, 0.15) is 0 Å². The van der Waals surface area contributed by atoms with E-state index >= 15 is 0 Å². The Morgan fingerprint density at radius 2 is 1.48 bits per heavy atom. The maximum atomic E-state index is 13.1. The van der Waals surface area contributed by atoms with Gasteiger partial charge < -0.3 is 15.4 Å². The first kappa shape index (κ1) is 16.3. The highest BCUT2D eigenvalue weighted by molar-refractivity contribution is 5.83. The Kier molecular flexibility index (Phi) is 4.55. The molecule has 0 bridgehead atoms. The van der Waals surface area contributed by atoms with Crippen molar-refractivity contribution < 1.29 is 9.53 Å². The van der Waals surface area contributed by atoms with Crippen LogP contribution >= 0.6 is 0 Å². The number of nitrogens with two attached hydrogens (primary N) is 1. The number of hydrogen-bond acceptors (Lipinski definition) is 3. The molecule has 1 saturated heterocycles. The molecular formula is C21H24N2O2. The summed E-state index contributed by atoms with van der Waals surface area (Å²) in [5.74, 6) is 0.272. The van der Waals surface area contributed by atoms with Gasteiger partial charge in [0.2, 0.25) is 5.91 Å². The van der Waals surface area contributed by atoms with Gasteiger partial charge in [0.15, 0.2) is 0 Å². The van der Waals surface area contributed by atoms with Crippen molar-refractivity contribution in [3.8, 4) is 11.1 Å². The van der Waals surface area contributed by atoms with E-state index in [2.05, 4.69) is 36.4 Å². The van der Waals surface area contributed by atoms with Crippen molar-refractivity contribution in [1.82, 2.24) is 4.90 Å². The number of carbonyl (C=O) groups is 1. The first-order valence-electron chi connectivity index (χ1n) is 9.02. The summed E-state index contributed by atoms with van der Waals surface area (Å²) >= 11 is 0. The van der Waals surface area contributed by atoms with Gasteiger partial charge in [-0.1, -0.05) is 48.5 Å². The predicted octanol–water partition coefficient (Wildman–Crippen LogP) is 2.95. The van der Waals surface area contributed by atoms with E-state index in [1.54, 1.807) is 0 Å². The van der Waals surface area contributed by atoms with Gasteiger partial charge in [0.25, 0.3) is 0 Å². The van der Waals surface area contributed by atoms with Gasteiger partial charge in [0, 0.05) is 26.3 Å². The third kappa shape index (κ3) is 3.20. The van der Waals surface area contributed by atoms with Crippen LogP contribution in [0.1, 0.15) is 24.0 Å². The highest BCUT2D eigenvalue weighted by Crippen LogP contribution is 2.33. The van der Waals surface area contributed by atoms with E-state index < -0.39 is 6.04 Å². The molecular weight excluding hydrogens is 312 g/mol. The largest absolute Gasteiger partial charge is 0.381 e. The fourth-order valence-corrected chi connectivity index (χ4v) is 3.95. The number of rotatable bonds is 2. The number of hydrogen-bond donors (Lipinski definition) is 1. The average Bonchev–Trinajstić information content (AvgIpc) is 2.84. The standard InChI is InChI=1S/C21H24N2O2/c22-20(15-9-11-25-12-10-15)21(24)23-13-16-5-1-3-7-18(16)19-8-4-2-6-17(19)14-23/h1-8,15,20H,9-14,22H2. The summed E-state index contributed by atoms with van der Waals surface area (Å²) in [5.41, 5.74) is 11.2. The molecule has 0 radical (unpaired) electrons. The van der Waals surface area contributed by atoms with Crippen LogP contribution in [-0.2, 0) is 22.6 Å². The molecule has 4 nitrogen and oxygen atoms in total. The molecule has 0 aromatic heterocycles. The molecule has 2 aromatic carbocycles. The van der Waals surface area contributed by atoms with Crippen LogP contribution in [0.3, 0.4) is 0 Å². The van der Waals surface area contributed by atoms with E-state index in [0.717, 1.165) is 12.8 Å². The second-order valence-electron chi connectivity index (χ2n) is 6.98. The van der Waals surface area contributed by atoms with E-state index in [9.17, 15) is 4.79 Å². The van der Waals surface area contributed by atoms with Gasteiger partial charge in [-0.05, 0) is 41.0 Å². The van der Waals surface area contributed by atoms with Crippen molar-refractivity contribution in [3.63, 3.8) is 0 Å². The number of carbonyl (C=O) groups excluding carboxylic acids is 1. The Bertz CT molecular complexity index is 720. The highest BCUT2D eigenvalue weighted by Gasteiger charge is 2.31. The lowest BCUT2D eigenvalue weighted by Gasteiger charge is -2.31. The van der Waals surface area contributed by atoms with Crippen LogP contribution in [0.4, 0.5) is 0 Å². The SMILES string of the molecule is NC(C(=O)N1Cc2ccccc2-c2ccccc2C1)C1CCOCC1. The Morgan fingerprint density at radius 1 is 0.960 bits per heavy atom. The summed E-state index contributed by atoms with van der Waals surface area (Å²) in [7, 11) is 0. The molecule has 4 rings (SSSR count). The van der Waals surface area contributed by atoms with E-state index in [1.807, 2.05) is 17.0 Å². The molecule has 0 saturated carbocycles. The van der Waals surface area contributed by atoms with E-state index in [1.165, 1.54) is 22.3 Å². The maximum Gasteiger partial charge on any atom is 0.240 e. The average molecular weight is 336 g/mol. The highest BCUT2D eigenvalue weighted by atomic mass is 16.5. The zero-order chi connectivity index (χ0) is 17.2. The first-order valence-corrected chi connectivity index (χ1v) is 9.02. The fourth-order valence-electron chi connectivity index (χ4n) is 3.95. The number of fused-ring (bicyclic) bond motifs is 3. The second kappa shape index (κ2) is 6.98. The van der Waals surface area contributed by atoms with Crippen molar-refractivity contribution in [2.45, 2.75) is 32.0 Å². The van der Waals surface area contributed by atoms with Gasteiger partial charge in [-0.15, -0.1) is 0 Å². The quantitative estimate of drug-likeness (QED) is 0.917. The van der Waals surface area contributed by atoms with Crippen LogP contribution in [-0.4, -0.2) is 30.1 Å². The molecule has 2 aliphatic rings. The molecule has 1 unspecified atom stereocenters. The normalized spacial score (nSPS) is 18.8. The number of ether oxygens (including phenoxy) is 1. The van der Waals surface area contributed by atoms with Crippen LogP contribution < -0.4 is 5.73 Å². The van der Waals surface area contributed by atoms with Gasteiger partial charge >= 0.3 is 0 Å². The van der Waals surface area contributed by atoms with Crippen molar-refractivity contribution in [2.24, 2.45) is 11.7 Å². The molecule has 2 N–H and O–H groups in total. The molecule has 0 spiro atoms. The van der Waals surface area contributed by atoms with Crippen LogP contribution in [0.2, 0.25) is 0 Å². The molecule has 1 amide bonds. The van der Waals surface area contributed by atoms with Crippen LogP contribution in [0.5, 0.6) is 0 Å². The second-order valence-corrected chi connectivity index (χ2v) is 6.98. The third-order valence-electron chi connectivity index (χ3n) is 5.42. The minimum absolute atomic E-state index is 0.0541. The summed E-state index contributed by atoms with van der Waals surface area (Å²) in [5, 5.41) is 0. The first-order chi connectivity index (χ1) is 12.2. The number of amides is 1. The zero-order valence-corrected chi connectivity index (χ0v) is 14.4. The van der Waals surface area contributed by atoms with Gasteiger partial charge in [-0.25, -0.2) is 0 Å². The molecule has 25 heavy (non-hydrogen) atoms. The summed E-state index contributed by atoms with van der Waals surface area (Å²) in [6.07, 6.45) is 1.74. The fraction of sp³-hybridized carbons (Fsp3) is 0.381.